The molecule has 0 heterocycles. The van der Waals surface area contributed by atoms with Crippen LogP contribution in [0, 0.1) is 59.2 Å². The first kappa shape index (κ1) is 61.3. The minimum atomic E-state index is 0.249. The van der Waals surface area contributed by atoms with Crippen molar-refractivity contribution in [1.82, 2.24) is 0 Å². The third-order valence-corrected chi connectivity index (χ3v) is 11.4. The van der Waals surface area contributed by atoms with Crippen LogP contribution in [0.3, 0.4) is 0 Å². The van der Waals surface area contributed by atoms with Crippen molar-refractivity contribution in [2.45, 2.75) is 251 Å². The van der Waals surface area contributed by atoms with Gasteiger partial charge in [0.05, 0.1) is 0 Å². The molecule has 4 heteroatoms. The highest BCUT2D eigenvalue weighted by atomic mass is 16.1. The van der Waals surface area contributed by atoms with Gasteiger partial charge in [0, 0.05) is 24.7 Å². The Kier molecular flexibility index (Phi) is 50.8. The van der Waals surface area contributed by atoms with Gasteiger partial charge in [0.15, 0.2) is 0 Å². The second kappa shape index (κ2) is 46.4. The lowest BCUT2D eigenvalue weighted by Gasteiger charge is -2.16. The van der Waals surface area contributed by atoms with E-state index >= 15 is 0 Å². The summed E-state index contributed by atoms with van der Waals surface area (Å²) in [6.45, 7) is 31.4. The van der Waals surface area contributed by atoms with Crippen LogP contribution < -0.4 is 0 Å². The fourth-order valence-electron chi connectivity index (χ4n) is 7.12. The third-order valence-electron chi connectivity index (χ3n) is 11.4. The van der Waals surface area contributed by atoms with Gasteiger partial charge in [0.1, 0.15) is 25.1 Å². The van der Waals surface area contributed by atoms with Gasteiger partial charge < -0.3 is 19.2 Å². The summed E-state index contributed by atoms with van der Waals surface area (Å²) in [5.41, 5.74) is 0. The molecule has 0 saturated carbocycles. The van der Waals surface area contributed by atoms with Crippen LogP contribution >= 0.6 is 0 Å². The zero-order valence-electron chi connectivity index (χ0n) is 40.7. The van der Waals surface area contributed by atoms with E-state index in [0.717, 1.165) is 111 Å². The van der Waals surface area contributed by atoms with Crippen molar-refractivity contribution in [3.8, 4) is 0 Å². The van der Waals surface area contributed by atoms with E-state index in [1.807, 2.05) is 13.8 Å². The average Bonchev–Trinajstić information content (AvgIpc) is 3.14. The van der Waals surface area contributed by atoms with Crippen LogP contribution in [0.4, 0.5) is 0 Å². The monoisotopic (exact) mass is 793 g/mol. The van der Waals surface area contributed by atoms with E-state index in [4.69, 9.17) is 0 Å². The molecule has 0 aliphatic rings. The Balaban J connectivity index is -0.000000322. The molecule has 0 saturated heterocycles. The lowest BCUT2D eigenvalue weighted by Crippen LogP contribution is -2.07. The summed E-state index contributed by atoms with van der Waals surface area (Å²) in [5.74, 6) is 7.08. The van der Waals surface area contributed by atoms with Crippen molar-refractivity contribution in [2.75, 3.05) is 0 Å². The van der Waals surface area contributed by atoms with Crippen LogP contribution in [-0.4, -0.2) is 25.1 Å². The zero-order valence-corrected chi connectivity index (χ0v) is 40.7. The number of hydrogen-bond acceptors (Lipinski definition) is 4. The Morgan fingerprint density at radius 2 is 0.696 bits per heavy atom. The van der Waals surface area contributed by atoms with Crippen molar-refractivity contribution in [3.05, 3.63) is 0 Å². The first-order chi connectivity index (χ1) is 26.5. The number of unbranched alkanes of at least 4 members (excludes halogenated alkanes) is 3. The van der Waals surface area contributed by atoms with Crippen LogP contribution in [0.5, 0.6) is 0 Å². The molecule has 0 radical (unpaired) electrons. The summed E-state index contributed by atoms with van der Waals surface area (Å²) < 4.78 is 0. The smallest absolute Gasteiger partial charge is 0.122 e. The van der Waals surface area contributed by atoms with Crippen molar-refractivity contribution in [2.24, 2.45) is 59.2 Å². The standard InChI is InChI=1S/4C13H26O/c1-11(2)6-5-7-12(3)8-9-13(4)10-14;1-12(2)8-7-10-13(3)9-5-4-6-11-14;1-5-13(9-12(4)10-14)8-6-7-11(2)3;1-4-13(9-5-6-11-14)10-7-8-12(2)3/h10-13H,5-9H2,1-4H3;11-13H,4-10H2,1-3H3;10-13H,5-9H2,1-4H3;11-13H,4-10H2,1-3H3. The molecule has 0 aliphatic carbocycles. The molecule has 0 N–H and O–H groups in total. The van der Waals surface area contributed by atoms with Crippen molar-refractivity contribution in [3.63, 3.8) is 0 Å². The summed E-state index contributed by atoms with van der Waals surface area (Å²) in [4.78, 5) is 41.2. The van der Waals surface area contributed by atoms with Gasteiger partial charge in [0.25, 0.3) is 0 Å². The Bertz CT molecular complexity index is 803. The molecule has 0 amide bonds. The summed E-state index contributed by atoms with van der Waals surface area (Å²) >= 11 is 0. The number of aldehydes is 4. The fourth-order valence-corrected chi connectivity index (χ4v) is 7.12. The van der Waals surface area contributed by atoms with Gasteiger partial charge in [0.2, 0.25) is 0 Å². The predicted octanol–water partition coefficient (Wildman–Crippen LogP) is 16.5. The molecule has 0 rings (SSSR count). The highest BCUT2D eigenvalue weighted by molar-refractivity contribution is 5.52. The summed E-state index contributed by atoms with van der Waals surface area (Å²) in [5, 5.41) is 0. The summed E-state index contributed by atoms with van der Waals surface area (Å²) in [7, 11) is 0. The molecule has 6 unspecified atom stereocenters. The average molecular weight is 793 g/mol. The minimum Gasteiger partial charge on any atom is -0.303 e. The second-order valence-corrected chi connectivity index (χ2v) is 19.6. The Hall–Kier alpha value is -1.32. The molecule has 4 nitrogen and oxygen atoms in total. The Labute approximate surface area is 353 Å². The number of rotatable bonds is 34. The molecular formula is C52H104O4. The fraction of sp³-hybridized carbons (Fsp3) is 0.923. The Morgan fingerprint density at radius 3 is 1.09 bits per heavy atom. The molecule has 0 aromatic heterocycles. The SMILES string of the molecule is CC(C)CCCC(C)CCC(C)C=O.CC(C)CCCC(C)CCCCC=O.CCC(CCCC(C)C)CC(C)C=O.CCC(CCCC=O)CCCC(C)C. The number of hydrogen-bond donors (Lipinski definition) is 0. The van der Waals surface area contributed by atoms with Crippen LogP contribution in [0.25, 0.3) is 0 Å². The van der Waals surface area contributed by atoms with E-state index < -0.39 is 0 Å². The summed E-state index contributed by atoms with van der Waals surface area (Å²) in [6, 6.07) is 0. The molecule has 0 aromatic carbocycles. The van der Waals surface area contributed by atoms with Gasteiger partial charge in [-0.3, -0.25) is 0 Å². The molecule has 0 aromatic rings. The van der Waals surface area contributed by atoms with E-state index in [1.165, 1.54) is 116 Å². The predicted molar refractivity (Wildman–Crippen MR) is 249 cm³/mol. The lowest BCUT2D eigenvalue weighted by molar-refractivity contribution is -0.111. The van der Waals surface area contributed by atoms with Gasteiger partial charge in [-0.1, -0.05) is 213 Å². The van der Waals surface area contributed by atoms with Crippen molar-refractivity contribution < 1.29 is 19.2 Å². The van der Waals surface area contributed by atoms with E-state index in [1.54, 1.807) is 0 Å². The van der Waals surface area contributed by atoms with Gasteiger partial charge in [-0.25, -0.2) is 0 Å². The van der Waals surface area contributed by atoms with Gasteiger partial charge in [-0.2, -0.15) is 0 Å². The molecule has 336 valence electrons. The highest BCUT2D eigenvalue weighted by Gasteiger charge is 2.11. The van der Waals surface area contributed by atoms with Crippen LogP contribution in [0.2, 0.25) is 0 Å². The number of carbonyl (C=O) groups excluding carboxylic acids is 4. The van der Waals surface area contributed by atoms with Crippen LogP contribution in [0.1, 0.15) is 251 Å². The molecule has 0 aliphatic heterocycles. The summed E-state index contributed by atoms with van der Waals surface area (Å²) in [6.07, 6.45) is 33.6. The normalized spacial score (nSPS) is 14.3. The quantitative estimate of drug-likeness (QED) is 0.0481. The second-order valence-electron chi connectivity index (χ2n) is 19.6. The van der Waals surface area contributed by atoms with Crippen molar-refractivity contribution in [1.29, 1.82) is 0 Å². The maximum absolute atomic E-state index is 10.5. The van der Waals surface area contributed by atoms with Crippen LogP contribution in [0.15, 0.2) is 0 Å². The van der Waals surface area contributed by atoms with Crippen LogP contribution in [-0.2, 0) is 19.2 Å². The van der Waals surface area contributed by atoms with Gasteiger partial charge in [-0.05, 0) is 73.0 Å². The first-order valence-electron chi connectivity index (χ1n) is 24.3. The van der Waals surface area contributed by atoms with E-state index in [9.17, 15) is 19.2 Å². The lowest BCUT2D eigenvalue weighted by atomic mass is 9.89. The van der Waals surface area contributed by atoms with E-state index in [0.29, 0.717) is 0 Å². The largest absolute Gasteiger partial charge is 0.303 e. The topological polar surface area (TPSA) is 68.3 Å². The zero-order chi connectivity index (χ0) is 43.6. The number of carbonyl (C=O) groups is 4. The van der Waals surface area contributed by atoms with E-state index in [-0.39, 0.29) is 11.8 Å². The molecule has 0 bridgehead atoms. The molecular weight excluding hydrogens is 689 g/mol. The minimum absolute atomic E-state index is 0.249. The Morgan fingerprint density at radius 1 is 0.339 bits per heavy atom. The molecule has 0 fully saturated rings. The maximum atomic E-state index is 10.5. The maximum Gasteiger partial charge on any atom is 0.122 e. The van der Waals surface area contributed by atoms with Gasteiger partial charge >= 0.3 is 0 Å². The first-order valence-corrected chi connectivity index (χ1v) is 24.3. The molecule has 56 heavy (non-hydrogen) atoms. The molecule has 0 spiro atoms. The van der Waals surface area contributed by atoms with Crippen molar-refractivity contribution >= 4 is 25.1 Å². The van der Waals surface area contributed by atoms with Gasteiger partial charge in [-0.15, -0.1) is 0 Å². The third kappa shape index (κ3) is 54.8. The molecule has 6 atom stereocenters. The van der Waals surface area contributed by atoms with E-state index in [2.05, 4.69) is 83.1 Å². The highest BCUT2D eigenvalue weighted by Crippen LogP contribution is 2.23.